The molecule has 3 aromatic carbocycles. The maximum Gasteiger partial charge on any atom is 0.336 e. The van der Waals surface area contributed by atoms with Crippen LogP contribution in [0.4, 0.5) is 0 Å². The molecular formula is C27H24N2O4. The molecule has 1 aromatic heterocycles. The molecule has 166 valence electrons. The number of ether oxygens (including phenoxy) is 1. The fourth-order valence-corrected chi connectivity index (χ4v) is 3.68. The Morgan fingerprint density at radius 2 is 1.76 bits per heavy atom. The number of carbonyl (C=O) groups is 1. The zero-order valence-corrected chi connectivity index (χ0v) is 18.2. The van der Waals surface area contributed by atoms with Crippen molar-refractivity contribution in [2.75, 3.05) is 0 Å². The molecule has 0 fully saturated rings. The van der Waals surface area contributed by atoms with Gasteiger partial charge in [-0.3, -0.25) is 0 Å². The van der Waals surface area contributed by atoms with E-state index in [0.717, 1.165) is 22.3 Å². The van der Waals surface area contributed by atoms with Crippen LogP contribution < -0.4 is 10.5 Å². The molecule has 4 rings (SSSR count). The van der Waals surface area contributed by atoms with Crippen LogP contribution in [0.3, 0.4) is 0 Å². The van der Waals surface area contributed by atoms with E-state index in [0.29, 0.717) is 35.0 Å². The van der Waals surface area contributed by atoms with E-state index in [-0.39, 0.29) is 12.2 Å². The minimum Gasteiger partial charge on any atom is -0.478 e. The Hall–Kier alpha value is -4.00. The third-order valence-corrected chi connectivity index (χ3v) is 5.27. The summed E-state index contributed by atoms with van der Waals surface area (Å²) in [6, 6.07) is 24.0. The number of carboxylic acids is 1. The third kappa shape index (κ3) is 5.09. The van der Waals surface area contributed by atoms with Crippen LogP contribution in [0.15, 0.2) is 78.9 Å². The number of aliphatic hydroxyl groups is 1. The first kappa shape index (κ1) is 22.2. The summed E-state index contributed by atoms with van der Waals surface area (Å²) in [5.74, 6) is -0.110. The first-order chi connectivity index (χ1) is 16.0. The molecule has 0 amide bonds. The van der Waals surface area contributed by atoms with Gasteiger partial charge in [-0.15, -0.1) is 0 Å². The Morgan fingerprint density at radius 3 is 2.52 bits per heavy atom. The summed E-state index contributed by atoms with van der Waals surface area (Å²) in [6.45, 7) is 2.23. The molecule has 1 heterocycles. The van der Waals surface area contributed by atoms with Crippen molar-refractivity contribution >= 4 is 5.97 Å². The van der Waals surface area contributed by atoms with E-state index in [1.165, 1.54) is 6.07 Å². The van der Waals surface area contributed by atoms with Gasteiger partial charge >= 0.3 is 5.97 Å². The molecule has 4 aromatic rings. The van der Waals surface area contributed by atoms with Crippen molar-refractivity contribution in [2.45, 2.75) is 20.1 Å². The van der Waals surface area contributed by atoms with E-state index in [2.05, 4.69) is 17.1 Å². The molecule has 0 saturated heterocycles. The van der Waals surface area contributed by atoms with E-state index in [1.807, 2.05) is 37.3 Å². The molecule has 0 aliphatic rings. The molecule has 0 aliphatic carbocycles. The number of nitrogens with two attached hydrogens (primary N) is 1. The normalized spacial score (nSPS) is 10.8. The quantitative estimate of drug-likeness (QED) is 0.366. The maximum absolute atomic E-state index is 11.7. The van der Waals surface area contributed by atoms with E-state index in [4.69, 9.17) is 10.5 Å². The van der Waals surface area contributed by atoms with Crippen LogP contribution in [0.5, 0.6) is 11.6 Å². The molecule has 0 unspecified atom stereocenters. The van der Waals surface area contributed by atoms with Gasteiger partial charge in [0.25, 0.3) is 0 Å². The van der Waals surface area contributed by atoms with E-state index < -0.39 is 5.97 Å². The minimum atomic E-state index is -1.09. The number of aromatic nitrogens is 1. The Balaban J connectivity index is 1.67. The average molecular weight is 440 g/mol. The van der Waals surface area contributed by atoms with Gasteiger partial charge in [-0.1, -0.05) is 42.5 Å². The second kappa shape index (κ2) is 9.65. The van der Waals surface area contributed by atoms with Gasteiger partial charge in [-0.2, -0.15) is 0 Å². The van der Waals surface area contributed by atoms with Gasteiger partial charge in [0, 0.05) is 18.2 Å². The molecule has 0 saturated carbocycles. The highest BCUT2D eigenvalue weighted by Crippen LogP contribution is 2.31. The molecule has 0 bridgehead atoms. The summed E-state index contributed by atoms with van der Waals surface area (Å²) in [6.07, 6.45) is 0. The van der Waals surface area contributed by atoms with Gasteiger partial charge in [-0.05, 0) is 65.1 Å². The molecule has 6 heteroatoms. The van der Waals surface area contributed by atoms with Gasteiger partial charge < -0.3 is 20.7 Å². The second-order valence-electron chi connectivity index (χ2n) is 7.75. The summed E-state index contributed by atoms with van der Waals surface area (Å²) in [4.78, 5) is 16.3. The molecule has 0 aliphatic heterocycles. The third-order valence-electron chi connectivity index (χ3n) is 5.27. The first-order valence-corrected chi connectivity index (χ1v) is 10.5. The largest absolute Gasteiger partial charge is 0.478 e. The van der Waals surface area contributed by atoms with Crippen molar-refractivity contribution < 1.29 is 19.7 Å². The van der Waals surface area contributed by atoms with Gasteiger partial charge in [-0.25, -0.2) is 9.78 Å². The molecule has 0 atom stereocenters. The summed E-state index contributed by atoms with van der Waals surface area (Å²) in [5, 5.41) is 18.9. The lowest BCUT2D eigenvalue weighted by atomic mass is 10.0. The zero-order valence-electron chi connectivity index (χ0n) is 18.2. The highest BCUT2D eigenvalue weighted by atomic mass is 16.5. The standard InChI is InChI=1S/C27H24N2O4/c1-17-10-21(20-5-2-4-18(12-20)15-28)14-22(11-17)33-26-7-3-6-25(29-26)23-9-8-19(16-30)13-24(23)27(31)32/h2-14,30H,15-16,28H2,1H3,(H,31,32). The van der Waals surface area contributed by atoms with Crippen molar-refractivity contribution in [3.8, 4) is 34.0 Å². The van der Waals surface area contributed by atoms with Gasteiger partial charge in [0.05, 0.1) is 17.9 Å². The lowest BCUT2D eigenvalue weighted by Gasteiger charge is -2.12. The summed E-state index contributed by atoms with van der Waals surface area (Å²) in [5.41, 5.74) is 11.4. The average Bonchev–Trinajstić information content (AvgIpc) is 2.83. The Kier molecular flexibility index (Phi) is 6.49. The number of rotatable bonds is 7. The fraction of sp³-hybridized carbons (Fsp3) is 0.111. The van der Waals surface area contributed by atoms with E-state index in [1.54, 1.807) is 30.3 Å². The van der Waals surface area contributed by atoms with Crippen LogP contribution in [0.25, 0.3) is 22.4 Å². The fourth-order valence-electron chi connectivity index (χ4n) is 3.68. The number of pyridine rings is 1. The van der Waals surface area contributed by atoms with Gasteiger partial charge in [0.1, 0.15) is 5.75 Å². The van der Waals surface area contributed by atoms with Crippen LogP contribution in [0.1, 0.15) is 27.0 Å². The summed E-state index contributed by atoms with van der Waals surface area (Å²) >= 11 is 0. The highest BCUT2D eigenvalue weighted by Gasteiger charge is 2.15. The lowest BCUT2D eigenvalue weighted by molar-refractivity contribution is 0.0697. The number of benzene rings is 3. The molecule has 0 spiro atoms. The van der Waals surface area contributed by atoms with Crippen LogP contribution in [-0.2, 0) is 13.2 Å². The smallest absolute Gasteiger partial charge is 0.336 e. The van der Waals surface area contributed by atoms with Crippen LogP contribution in [0.2, 0.25) is 0 Å². The lowest BCUT2D eigenvalue weighted by Crippen LogP contribution is -2.02. The Labute approximate surface area is 191 Å². The van der Waals surface area contributed by atoms with Crippen molar-refractivity contribution in [3.05, 3.63) is 101 Å². The van der Waals surface area contributed by atoms with Crippen molar-refractivity contribution in [1.82, 2.24) is 4.98 Å². The Morgan fingerprint density at radius 1 is 0.939 bits per heavy atom. The molecule has 33 heavy (non-hydrogen) atoms. The van der Waals surface area contributed by atoms with E-state index >= 15 is 0 Å². The van der Waals surface area contributed by atoms with Crippen LogP contribution >= 0.6 is 0 Å². The van der Waals surface area contributed by atoms with Crippen molar-refractivity contribution in [1.29, 1.82) is 0 Å². The van der Waals surface area contributed by atoms with Crippen LogP contribution in [0, 0.1) is 6.92 Å². The predicted octanol–water partition coefficient (Wildman–Crippen LogP) is 5.17. The predicted molar refractivity (Wildman–Crippen MR) is 127 cm³/mol. The summed E-state index contributed by atoms with van der Waals surface area (Å²) < 4.78 is 6.06. The monoisotopic (exact) mass is 440 g/mol. The SMILES string of the molecule is Cc1cc(Oc2cccc(-c3ccc(CO)cc3C(=O)O)n2)cc(-c2cccc(CN)c2)c1. The van der Waals surface area contributed by atoms with Crippen molar-refractivity contribution in [2.24, 2.45) is 5.73 Å². The molecule has 4 N–H and O–H groups in total. The number of nitrogens with zero attached hydrogens (tertiary/aromatic N) is 1. The topological polar surface area (TPSA) is 106 Å². The number of aryl methyl sites for hydroxylation is 1. The first-order valence-electron chi connectivity index (χ1n) is 10.5. The molecule has 0 radical (unpaired) electrons. The van der Waals surface area contributed by atoms with Crippen LogP contribution in [-0.4, -0.2) is 21.2 Å². The van der Waals surface area contributed by atoms with Gasteiger partial charge in [0.2, 0.25) is 5.88 Å². The molecular weight excluding hydrogens is 416 g/mol. The Bertz CT molecular complexity index is 1320. The van der Waals surface area contributed by atoms with Gasteiger partial charge in [0.15, 0.2) is 0 Å². The number of aromatic carboxylic acids is 1. The highest BCUT2D eigenvalue weighted by molar-refractivity contribution is 5.95. The number of hydrogen-bond donors (Lipinski definition) is 3. The zero-order chi connectivity index (χ0) is 23.4. The summed E-state index contributed by atoms with van der Waals surface area (Å²) in [7, 11) is 0. The number of hydrogen-bond acceptors (Lipinski definition) is 5. The number of aliphatic hydroxyl groups excluding tert-OH is 1. The minimum absolute atomic E-state index is 0.0730. The molecule has 6 nitrogen and oxygen atoms in total. The number of carboxylic acid groups (broad SMARTS) is 1. The maximum atomic E-state index is 11.7. The second-order valence-corrected chi connectivity index (χ2v) is 7.75. The van der Waals surface area contributed by atoms with Crippen molar-refractivity contribution in [3.63, 3.8) is 0 Å². The van der Waals surface area contributed by atoms with E-state index in [9.17, 15) is 15.0 Å².